The Bertz CT molecular complexity index is 962. The van der Waals surface area contributed by atoms with Gasteiger partial charge < -0.3 is 14.8 Å². The zero-order valence-electron chi connectivity index (χ0n) is 15.9. The second-order valence-corrected chi connectivity index (χ2v) is 6.09. The predicted octanol–water partition coefficient (Wildman–Crippen LogP) is 3.14. The van der Waals surface area contributed by atoms with Crippen LogP contribution in [0.2, 0.25) is 0 Å². The number of esters is 1. The molecular weight excluding hydrogens is 409 g/mol. The lowest BCUT2D eigenvalue weighted by Crippen LogP contribution is -2.43. The number of carbonyl (C=O) groups is 2. The van der Waals surface area contributed by atoms with Crippen LogP contribution in [0.25, 0.3) is 0 Å². The van der Waals surface area contributed by atoms with Crippen LogP contribution in [-0.4, -0.2) is 37.1 Å². The molecule has 2 rings (SSSR count). The van der Waals surface area contributed by atoms with Crippen molar-refractivity contribution >= 4 is 17.6 Å². The van der Waals surface area contributed by atoms with E-state index in [2.05, 4.69) is 10.1 Å². The van der Waals surface area contributed by atoms with Crippen LogP contribution in [0.5, 0.6) is 5.75 Å². The number of benzene rings is 2. The van der Waals surface area contributed by atoms with Crippen LogP contribution in [0.1, 0.15) is 21.5 Å². The molecule has 0 fully saturated rings. The van der Waals surface area contributed by atoms with Crippen LogP contribution in [0.15, 0.2) is 42.5 Å². The van der Waals surface area contributed by atoms with Gasteiger partial charge in [-0.15, -0.1) is 0 Å². The minimum absolute atomic E-state index is 0.225. The third kappa shape index (κ3) is 5.46. The maximum atomic E-state index is 12.9. The molecule has 0 radical (unpaired) electrons. The molecule has 2 aromatic rings. The molecule has 0 aliphatic rings. The number of nitrogens with zero attached hydrogens (tertiary/aromatic N) is 1. The maximum absolute atomic E-state index is 12.9. The summed E-state index contributed by atoms with van der Waals surface area (Å²) in [6, 6.07) is 6.06. The van der Waals surface area contributed by atoms with Crippen molar-refractivity contribution in [1.82, 2.24) is 5.32 Å². The van der Waals surface area contributed by atoms with Crippen molar-refractivity contribution in [3.8, 4) is 5.75 Å². The van der Waals surface area contributed by atoms with Crippen molar-refractivity contribution in [2.45, 2.75) is 18.6 Å². The molecule has 0 saturated carbocycles. The van der Waals surface area contributed by atoms with Crippen molar-refractivity contribution in [2.75, 3.05) is 14.2 Å². The number of halogens is 3. The first-order valence-electron chi connectivity index (χ1n) is 8.44. The number of rotatable bonds is 7. The van der Waals surface area contributed by atoms with E-state index in [0.29, 0.717) is 6.07 Å². The zero-order valence-corrected chi connectivity index (χ0v) is 15.9. The summed E-state index contributed by atoms with van der Waals surface area (Å²) in [6.07, 6.45) is -4.89. The quantitative estimate of drug-likeness (QED) is 0.414. The summed E-state index contributed by atoms with van der Waals surface area (Å²) >= 11 is 0. The molecule has 1 amide bonds. The highest BCUT2D eigenvalue weighted by Crippen LogP contribution is 2.30. The number of amides is 1. The number of alkyl halides is 3. The molecule has 1 N–H and O–H groups in total. The van der Waals surface area contributed by atoms with Crippen molar-refractivity contribution in [1.29, 1.82) is 0 Å². The highest BCUT2D eigenvalue weighted by Gasteiger charge is 2.31. The fourth-order valence-corrected chi connectivity index (χ4v) is 2.67. The minimum atomic E-state index is -4.64. The zero-order chi connectivity index (χ0) is 22.5. The van der Waals surface area contributed by atoms with Gasteiger partial charge in [0, 0.05) is 29.7 Å². The molecule has 160 valence electrons. The van der Waals surface area contributed by atoms with Gasteiger partial charge >= 0.3 is 12.1 Å². The number of hydrogen-bond donors (Lipinski definition) is 1. The minimum Gasteiger partial charge on any atom is -0.496 e. The number of ether oxygens (including phenoxy) is 2. The third-order valence-electron chi connectivity index (χ3n) is 4.14. The lowest BCUT2D eigenvalue weighted by Gasteiger charge is -2.18. The van der Waals surface area contributed by atoms with Crippen LogP contribution in [-0.2, 0) is 22.1 Å². The molecule has 0 aromatic heterocycles. The van der Waals surface area contributed by atoms with Gasteiger partial charge in [0.2, 0.25) is 0 Å². The van der Waals surface area contributed by atoms with Crippen molar-refractivity contribution in [2.24, 2.45) is 0 Å². The number of nitrogens with one attached hydrogen (secondary N) is 1. The second-order valence-electron chi connectivity index (χ2n) is 6.09. The standard InChI is InChI=1S/C19H17F3N2O6/c1-29-16-7-6-14(24(27)28)9-12(16)10-15(18(26)30-2)23-17(25)11-4-3-5-13(8-11)19(20,21)22/h3-9,15H,10H2,1-2H3,(H,23,25)/t15-/m0/s1. The monoisotopic (exact) mass is 426 g/mol. The predicted molar refractivity (Wildman–Crippen MR) is 98.1 cm³/mol. The van der Waals surface area contributed by atoms with Gasteiger partial charge in [0.15, 0.2) is 0 Å². The molecule has 0 aliphatic heterocycles. The van der Waals surface area contributed by atoms with E-state index in [1.807, 2.05) is 0 Å². The molecule has 0 bridgehead atoms. The fraction of sp³-hybridized carbons (Fsp3) is 0.263. The van der Waals surface area contributed by atoms with E-state index in [0.717, 1.165) is 25.3 Å². The number of nitro benzene ring substituents is 1. The van der Waals surface area contributed by atoms with E-state index in [-0.39, 0.29) is 29.0 Å². The Hall–Kier alpha value is -3.63. The molecule has 0 saturated heterocycles. The second kappa shape index (κ2) is 9.25. The number of non-ortho nitro benzene ring substituents is 1. The van der Waals surface area contributed by atoms with E-state index in [1.165, 1.54) is 25.3 Å². The molecule has 1 atom stereocenters. The Balaban J connectivity index is 2.32. The lowest BCUT2D eigenvalue weighted by atomic mass is 10.0. The molecular formula is C19H17F3N2O6. The van der Waals surface area contributed by atoms with Gasteiger partial charge in [-0.05, 0) is 24.3 Å². The summed E-state index contributed by atoms with van der Waals surface area (Å²) in [5.41, 5.74) is -1.38. The number of carbonyl (C=O) groups excluding carboxylic acids is 2. The number of nitro groups is 1. The van der Waals surface area contributed by atoms with E-state index in [4.69, 9.17) is 4.74 Å². The van der Waals surface area contributed by atoms with Gasteiger partial charge in [0.1, 0.15) is 11.8 Å². The summed E-state index contributed by atoms with van der Waals surface area (Å²) in [5.74, 6) is -1.60. The van der Waals surface area contributed by atoms with Crippen molar-refractivity contribution in [3.63, 3.8) is 0 Å². The first-order chi connectivity index (χ1) is 14.1. The Morgan fingerprint density at radius 2 is 1.87 bits per heavy atom. The van der Waals surface area contributed by atoms with Crippen LogP contribution >= 0.6 is 0 Å². The Labute approximate surface area is 168 Å². The third-order valence-corrected chi connectivity index (χ3v) is 4.14. The fourth-order valence-electron chi connectivity index (χ4n) is 2.67. The van der Waals surface area contributed by atoms with Gasteiger partial charge in [-0.2, -0.15) is 13.2 Å². The smallest absolute Gasteiger partial charge is 0.416 e. The molecule has 8 nitrogen and oxygen atoms in total. The molecule has 0 unspecified atom stereocenters. The highest BCUT2D eigenvalue weighted by molar-refractivity contribution is 5.97. The topological polar surface area (TPSA) is 108 Å². The van der Waals surface area contributed by atoms with Crippen LogP contribution in [0.4, 0.5) is 18.9 Å². The van der Waals surface area contributed by atoms with Gasteiger partial charge in [0.05, 0.1) is 24.7 Å². The van der Waals surface area contributed by atoms with Gasteiger partial charge in [-0.1, -0.05) is 6.07 Å². The number of hydrogen-bond acceptors (Lipinski definition) is 6. The van der Waals surface area contributed by atoms with Crippen LogP contribution < -0.4 is 10.1 Å². The molecule has 0 spiro atoms. The highest BCUT2D eigenvalue weighted by atomic mass is 19.4. The SMILES string of the molecule is COC(=O)[C@H](Cc1cc([N+](=O)[O-])ccc1OC)NC(=O)c1cccc(C(F)(F)F)c1. The molecule has 30 heavy (non-hydrogen) atoms. The molecule has 11 heteroatoms. The summed E-state index contributed by atoms with van der Waals surface area (Å²) in [4.78, 5) is 35.0. The maximum Gasteiger partial charge on any atom is 0.416 e. The largest absolute Gasteiger partial charge is 0.496 e. The first kappa shape index (κ1) is 22.7. The molecule has 2 aromatic carbocycles. The molecule has 0 aliphatic carbocycles. The van der Waals surface area contributed by atoms with E-state index in [1.54, 1.807) is 0 Å². The van der Waals surface area contributed by atoms with Gasteiger partial charge in [-0.3, -0.25) is 14.9 Å². The number of methoxy groups -OCH3 is 2. The van der Waals surface area contributed by atoms with Crippen molar-refractivity contribution < 1.29 is 37.2 Å². The summed E-state index contributed by atoms with van der Waals surface area (Å²) in [5, 5.41) is 13.3. The van der Waals surface area contributed by atoms with Crippen LogP contribution in [0, 0.1) is 10.1 Å². The van der Waals surface area contributed by atoms with E-state index in [9.17, 15) is 32.9 Å². The summed E-state index contributed by atoms with van der Waals surface area (Å²) in [7, 11) is 2.38. The van der Waals surface area contributed by atoms with Crippen molar-refractivity contribution in [3.05, 3.63) is 69.3 Å². The van der Waals surface area contributed by atoms with E-state index >= 15 is 0 Å². The molecule has 0 heterocycles. The normalized spacial score (nSPS) is 12.0. The summed E-state index contributed by atoms with van der Waals surface area (Å²) in [6.45, 7) is 0. The lowest BCUT2D eigenvalue weighted by molar-refractivity contribution is -0.384. The van der Waals surface area contributed by atoms with Crippen LogP contribution in [0.3, 0.4) is 0 Å². The first-order valence-corrected chi connectivity index (χ1v) is 8.44. The Kier molecular flexibility index (Phi) is 6.98. The Morgan fingerprint density at radius 1 is 1.17 bits per heavy atom. The van der Waals surface area contributed by atoms with Gasteiger partial charge in [0.25, 0.3) is 11.6 Å². The van der Waals surface area contributed by atoms with E-state index < -0.39 is 34.6 Å². The Morgan fingerprint density at radius 3 is 2.43 bits per heavy atom. The average Bonchev–Trinajstić information content (AvgIpc) is 2.71. The summed E-state index contributed by atoms with van der Waals surface area (Å²) < 4.78 is 48.4. The van der Waals surface area contributed by atoms with Gasteiger partial charge in [-0.25, -0.2) is 4.79 Å². The average molecular weight is 426 g/mol.